The molecule has 0 radical (unpaired) electrons. The van der Waals surface area contributed by atoms with Crippen LogP contribution >= 0.6 is 0 Å². The van der Waals surface area contributed by atoms with Crippen LogP contribution in [-0.2, 0) is 9.53 Å². The molecule has 0 aliphatic rings. The molecule has 0 atom stereocenters. The third-order valence-corrected chi connectivity index (χ3v) is 3.16. The van der Waals surface area contributed by atoms with Crippen molar-refractivity contribution in [1.82, 2.24) is 9.97 Å². The number of nitrogens with two attached hydrogens (primary N) is 1. The number of rotatable bonds is 8. The summed E-state index contributed by atoms with van der Waals surface area (Å²) in [6, 6.07) is 7.12. The van der Waals surface area contributed by atoms with E-state index >= 15 is 0 Å². The topological polar surface area (TPSA) is 131 Å². The van der Waals surface area contributed by atoms with Gasteiger partial charge in [0, 0.05) is 30.7 Å². The van der Waals surface area contributed by atoms with Gasteiger partial charge in [0.2, 0.25) is 11.9 Å². The molecule has 9 nitrogen and oxygen atoms in total. The molecule has 0 fully saturated rings. The molecule has 1 heterocycles. The van der Waals surface area contributed by atoms with Crippen molar-refractivity contribution in [2.75, 3.05) is 29.7 Å². The van der Waals surface area contributed by atoms with Gasteiger partial charge in [0.15, 0.2) is 0 Å². The van der Waals surface area contributed by atoms with Gasteiger partial charge in [-0.25, -0.2) is 4.98 Å². The molecule has 0 saturated heterocycles. The third kappa shape index (κ3) is 5.42. The van der Waals surface area contributed by atoms with Gasteiger partial charge in [-0.1, -0.05) is 6.07 Å². The van der Waals surface area contributed by atoms with Crippen LogP contribution in [0.5, 0.6) is 0 Å². The zero-order chi connectivity index (χ0) is 19.1. The van der Waals surface area contributed by atoms with E-state index in [4.69, 9.17) is 10.5 Å². The lowest BCUT2D eigenvalue weighted by molar-refractivity contribution is -0.119. The molecule has 0 unspecified atom stereocenters. The second-order valence-corrected chi connectivity index (χ2v) is 5.81. The number of benzene rings is 1. The van der Waals surface area contributed by atoms with Gasteiger partial charge in [-0.05, 0) is 32.0 Å². The zero-order valence-corrected chi connectivity index (χ0v) is 14.9. The maximum atomic E-state index is 11.6. The first-order valence-electron chi connectivity index (χ1n) is 7.98. The van der Waals surface area contributed by atoms with E-state index < -0.39 is 5.91 Å². The number of hydrogen-bond acceptors (Lipinski definition) is 7. The summed E-state index contributed by atoms with van der Waals surface area (Å²) >= 11 is 0. The Balaban J connectivity index is 2.20. The van der Waals surface area contributed by atoms with E-state index in [1.807, 2.05) is 13.8 Å². The van der Waals surface area contributed by atoms with Crippen LogP contribution in [0.15, 0.2) is 30.5 Å². The Kier molecular flexibility index (Phi) is 6.45. The second kappa shape index (κ2) is 8.77. The average molecular weight is 358 g/mol. The van der Waals surface area contributed by atoms with Crippen LogP contribution in [0.3, 0.4) is 0 Å². The van der Waals surface area contributed by atoms with Gasteiger partial charge >= 0.3 is 0 Å². The Bertz CT molecular complexity index is 794. The standard InChI is InChI=1S/C17H22N6O3/c1-10(2)20-16-13(15(18)25)8-19-17(23-16)22-12-6-4-5-11(7-12)21-14(24)9-26-3/h4-8,10H,9H2,1-3H3,(H2,18,25)(H,21,24)(H2,19,20,22,23). The van der Waals surface area contributed by atoms with Crippen LogP contribution in [0.4, 0.5) is 23.1 Å². The highest BCUT2D eigenvalue weighted by molar-refractivity contribution is 5.97. The van der Waals surface area contributed by atoms with E-state index in [-0.39, 0.29) is 24.1 Å². The fraction of sp³-hybridized carbons (Fsp3) is 0.294. The monoisotopic (exact) mass is 358 g/mol. The Labute approximate surface area is 151 Å². The van der Waals surface area contributed by atoms with Crippen LogP contribution in [0.1, 0.15) is 24.2 Å². The summed E-state index contributed by atoms with van der Waals surface area (Å²) in [6.07, 6.45) is 1.37. The first-order valence-corrected chi connectivity index (χ1v) is 7.98. The fourth-order valence-electron chi connectivity index (χ4n) is 2.14. The number of carbonyl (C=O) groups excluding carboxylic acids is 2. The predicted octanol–water partition coefficient (Wildman–Crippen LogP) is 1.72. The number of methoxy groups -OCH3 is 1. The largest absolute Gasteiger partial charge is 0.375 e. The summed E-state index contributed by atoms with van der Waals surface area (Å²) in [7, 11) is 1.45. The van der Waals surface area contributed by atoms with Gasteiger partial charge in [0.05, 0.1) is 5.56 Å². The van der Waals surface area contributed by atoms with Gasteiger partial charge in [-0.2, -0.15) is 4.98 Å². The van der Waals surface area contributed by atoms with Crippen LogP contribution in [0.2, 0.25) is 0 Å². The van der Waals surface area contributed by atoms with E-state index in [9.17, 15) is 9.59 Å². The van der Waals surface area contributed by atoms with Gasteiger partial charge < -0.3 is 26.4 Å². The molecule has 1 aromatic heterocycles. The average Bonchev–Trinajstić information content (AvgIpc) is 2.54. The lowest BCUT2D eigenvalue weighted by Gasteiger charge is -2.14. The molecule has 0 saturated carbocycles. The van der Waals surface area contributed by atoms with Gasteiger partial charge in [0.1, 0.15) is 12.4 Å². The SMILES string of the molecule is COCC(=O)Nc1cccc(Nc2ncc(C(N)=O)c(NC(C)C)n2)c1. The molecule has 5 N–H and O–H groups in total. The number of ether oxygens (including phenoxy) is 1. The fourth-order valence-corrected chi connectivity index (χ4v) is 2.14. The lowest BCUT2D eigenvalue weighted by Crippen LogP contribution is -2.20. The molecule has 0 spiro atoms. The first-order chi connectivity index (χ1) is 12.4. The number of primary amides is 1. The molecule has 2 aromatic rings. The van der Waals surface area contributed by atoms with Gasteiger partial charge in [-0.15, -0.1) is 0 Å². The molecule has 0 aliphatic carbocycles. The highest BCUT2D eigenvalue weighted by Gasteiger charge is 2.13. The molecule has 138 valence electrons. The van der Waals surface area contributed by atoms with Crippen LogP contribution in [0.25, 0.3) is 0 Å². The van der Waals surface area contributed by atoms with Crippen LogP contribution in [-0.4, -0.2) is 41.5 Å². The minimum absolute atomic E-state index is 0.0282. The smallest absolute Gasteiger partial charge is 0.254 e. The Morgan fingerprint density at radius 2 is 2.00 bits per heavy atom. The summed E-state index contributed by atoms with van der Waals surface area (Å²) < 4.78 is 4.78. The first kappa shape index (κ1) is 19.1. The van der Waals surface area contributed by atoms with Crippen molar-refractivity contribution in [3.8, 4) is 0 Å². The molecule has 1 aromatic carbocycles. The Morgan fingerprint density at radius 1 is 1.27 bits per heavy atom. The number of amides is 2. The Hall–Kier alpha value is -3.20. The van der Waals surface area contributed by atoms with E-state index in [0.717, 1.165) is 0 Å². The van der Waals surface area contributed by atoms with Crippen molar-refractivity contribution >= 4 is 35.0 Å². The van der Waals surface area contributed by atoms with Gasteiger partial charge in [0.25, 0.3) is 5.91 Å². The van der Waals surface area contributed by atoms with Crippen molar-refractivity contribution in [2.24, 2.45) is 5.73 Å². The summed E-state index contributed by atoms with van der Waals surface area (Å²) in [5.41, 5.74) is 6.84. The van der Waals surface area contributed by atoms with E-state index in [1.54, 1.807) is 24.3 Å². The minimum atomic E-state index is -0.609. The maximum Gasteiger partial charge on any atom is 0.254 e. The summed E-state index contributed by atoms with van der Waals surface area (Å²) in [6.45, 7) is 3.82. The number of aromatic nitrogens is 2. The lowest BCUT2D eigenvalue weighted by atomic mass is 10.2. The summed E-state index contributed by atoms with van der Waals surface area (Å²) in [4.78, 5) is 31.5. The van der Waals surface area contributed by atoms with Gasteiger partial charge in [-0.3, -0.25) is 9.59 Å². The highest BCUT2D eigenvalue weighted by Crippen LogP contribution is 2.20. The number of nitrogens with zero attached hydrogens (tertiary/aromatic N) is 2. The van der Waals surface area contributed by atoms with Crippen molar-refractivity contribution < 1.29 is 14.3 Å². The number of carbonyl (C=O) groups is 2. The zero-order valence-electron chi connectivity index (χ0n) is 14.9. The van der Waals surface area contributed by atoms with E-state index in [2.05, 4.69) is 25.9 Å². The second-order valence-electron chi connectivity index (χ2n) is 5.81. The highest BCUT2D eigenvalue weighted by atomic mass is 16.5. The molecule has 2 rings (SSSR count). The van der Waals surface area contributed by atoms with Crippen molar-refractivity contribution in [2.45, 2.75) is 19.9 Å². The molecular weight excluding hydrogens is 336 g/mol. The predicted molar refractivity (Wildman–Crippen MR) is 99.5 cm³/mol. The number of nitrogens with one attached hydrogen (secondary N) is 3. The van der Waals surface area contributed by atoms with Crippen molar-refractivity contribution in [3.05, 3.63) is 36.0 Å². The van der Waals surface area contributed by atoms with Crippen molar-refractivity contribution in [3.63, 3.8) is 0 Å². The van der Waals surface area contributed by atoms with Crippen molar-refractivity contribution in [1.29, 1.82) is 0 Å². The molecule has 0 aliphatic heterocycles. The maximum absolute atomic E-state index is 11.6. The van der Waals surface area contributed by atoms with Crippen LogP contribution in [0, 0.1) is 0 Å². The number of hydrogen-bond donors (Lipinski definition) is 4. The molecular formula is C17H22N6O3. The summed E-state index contributed by atoms with van der Waals surface area (Å²) in [5, 5.41) is 8.81. The molecule has 9 heteroatoms. The molecule has 2 amide bonds. The van der Waals surface area contributed by atoms with E-state index in [1.165, 1.54) is 13.3 Å². The molecule has 0 bridgehead atoms. The third-order valence-electron chi connectivity index (χ3n) is 3.16. The number of anilines is 4. The molecule has 26 heavy (non-hydrogen) atoms. The van der Waals surface area contributed by atoms with E-state index in [0.29, 0.717) is 23.1 Å². The quantitative estimate of drug-likeness (QED) is 0.565. The summed E-state index contributed by atoms with van der Waals surface area (Å²) in [5.74, 6) is -0.217. The Morgan fingerprint density at radius 3 is 2.65 bits per heavy atom. The normalized spacial score (nSPS) is 10.5. The van der Waals surface area contributed by atoms with Crippen LogP contribution < -0.4 is 21.7 Å². The minimum Gasteiger partial charge on any atom is -0.375 e.